The fraction of sp³-hybridized carbons (Fsp3) is 0.741. The van der Waals surface area contributed by atoms with E-state index in [-0.39, 0.29) is 5.92 Å². The molecule has 4 bridgehead atoms. The maximum Gasteiger partial charge on any atom is 0.309 e. The Morgan fingerprint density at radius 1 is 0.939 bits per heavy atom. The molecule has 5 aliphatic carbocycles. The monoisotopic (exact) mass is 453 g/mol. The molecule has 6 nitrogen and oxygen atoms in total. The summed E-state index contributed by atoms with van der Waals surface area (Å²) in [7, 11) is 0. The van der Waals surface area contributed by atoms with Gasteiger partial charge in [0.2, 0.25) is 11.6 Å². The van der Waals surface area contributed by atoms with Crippen molar-refractivity contribution in [3.8, 4) is 0 Å². The van der Waals surface area contributed by atoms with E-state index in [2.05, 4.69) is 29.2 Å². The quantitative estimate of drug-likeness (QED) is 0.668. The standard InChI is InChI=1S/C27H35NO5/c29-25(30)22-15-28(16-22)14-17-1-3-20(4-2-17)21-5-7-26(8-6-21)31-27(33-32-26)23-10-18-9-19(12-23)13-24(27)11-18/h1-4,18-19,21-24H,5-16H2,(H,29,30). The number of carbonyl (C=O) groups is 1. The summed E-state index contributed by atoms with van der Waals surface area (Å²) < 4.78 is 6.85. The van der Waals surface area contributed by atoms with Gasteiger partial charge in [0.1, 0.15) is 0 Å². The average molecular weight is 454 g/mol. The van der Waals surface area contributed by atoms with E-state index in [1.165, 1.54) is 43.2 Å². The first-order valence-electron chi connectivity index (χ1n) is 13.1. The van der Waals surface area contributed by atoms with Crippen LogP contribution in [-0.2, 0) is 25.9 Å². The maximum atomic E-state index is 11.0. The van der Waals surface area contributed by atoms with Crippen molar-refractivity contribution < 1.29 is 24.4 Å². The molecule has 1 aromatic rings. The lowest BCUT2D eigenvalue weighted by atomic mass is 9.53. The Morgan fingerprint density at radius 3 is 2.18 bits per heavy atom. The summed E-state index contributed by atoms with van der Waals surface area (Å²) in [6.45, 7) is 2.16. The number of benzene rings is 1. The lowest BCUT2D eigenvalue weighted by Crippen LogP contribution is -2.59. The van der Waals surface area contributed by atoms with Crippen LogP contribution in [0.25, 0.3) is 0 Å². The van der Waals surface area contributed by atoms with E-state index in [0.717, 1.165) is 44.1 Å². The molecule has 7 fully saturated rings. The number of carboxylic acid groups (broad SMARTS) is 1. The second-order valence-electron chi connectivity index (χ2n) is 12.0. The van der Waals surface area contributed by atoms with Crippen LogP contribution in [0.2, 0.25) is 0 Å². The molecule has 0 atom stereocenters. The second kappa shape index (κ2) is 7.51. The SMILES string of the molecule is O=C(O)C1CN(Cc2ccc(C3CCC4(CC3)OOC3(O4)C4CC5CC(C4)CC3C5)cc2)C1. The summed E-state index contributed by atoms with van der Waals surface area (Å²) in [5.74, 6) is 1.49. The second-order valence-corrected chi connectivity index (χ2v) is 12.0. The molecule has 0 radical (unpaired) electrons. The van der Waals surface area contributed by atoms with Gasteiger partial charge in [-0.25, -0.2) is 0 Å². The summed E-state index contributed by atoms with van der Waals surface area (Å²) in [5.41, 5.74) is 2.65. The minimum atomic E-state index is -0.675. The zero-order chi connectivity index (χ0) is 22.2. The molecule has 33 heavy (non-hydrogen) atoms. The van der Waals surface area contributed by atoms with Gasteiger partial charge in [-0.05, 0) is 73.8 Å². The molecule has 0 unspecified atom stereocenters. The highest BCUT2D eigenvalue weighted by molar-refractivity contribution is 5.71. The highest BCUT2D eigenvalue weighted by atomic mass is 17.3. The Morgan fingerprint density at radius 2 is 1.58 bits per heavy atom. The number of aliphatic carboxylic acids is 1. The first kappa shape index (κ1) is 20.9. The lowest BCUT2D eigenvalue weighted by molar-refractivity contribution is -0.390. The number of ether oxygens (including phenoxy) is 1. The highest BCUT2D eigenvalue weighted by Gasteiger charge is 2.66. The molecular formula is C27H35NO5. The number of nitrogens with zero attached hydrogens (tertiary/aromatic N) is 1. The molecule has 5 saturated carbocycles. The molecule has 7 aliphatic rings. The summed E-state index contributed by atoms with van der Waals surface area (Å²) in [6, 6.07) is 8.95. The van der Waals surface area contributed by atoms with E-state index in [4.69, 9.17) is 19.6 Å². The van der Waals surface area contributed by atoms with Crippen molar-refractivity contribution in [1.82, 2.24) is 4.90 Å². The van der Waals surface area contributed by atoms with Crippen LogP contribution in [0, 0.1) is 29.6 Å². The van der Waals surface area contributed by atoms with Gasteiger partial charge >= 0.3 is 5.97 Å². The summed E-state index contributed by atoms with van der Waals surface area (Å²) in [6.07, 6.45) is 10.4. The van der Waals surface area contributed by atoms with Crippen molar-refractivity contribution in [3.63, 3.8) is 0 Å². The number of rotatable bonds is 4. The van der Waals surface area contributed by atoms with E-state index < -0.39 is 17.5 Å². The number of hydrogen-bond acceptors (Lipinski definition) is 5. The number of likely N-dealkylation sites (tertiary alicyclic amines) is 1. The smallest absolute Gasteiger partial charge is 0.309 e. The molecular weight excluding hydrogens is 418 g/mol. The van der Waals surface area contributed by atoms with Gasteiger partial charge in [0.05, 0.1) is 5.92 Å². The fourth-order valence-corrected chi connectivity index (χ4v) is 8.19. The average Bonchev–Trinajstić information content (AvgIpc) is 3.15. The molecule has 178 valence electrons. The van der Waals surface area contributed by atoms with Crippen LogP contribution >= 0.6 is 0 Å². The van der Waals surface area contributed by atoms with Crippen LogP contribution in [0.15, 0.2) is 24.3 Å². The first-order chi connectivity index (χ1) is 16.0. The number of hydrogen-bond donors (Lipinski definition) is 1. The van der Waals surface area contributed by atoms with Crippen LogP contribution in [0.1, 0.15) is 74.8 Å². The van der Waals surface area contributed by atoms with Gasteiger partial charge in [-0.15, -0.1) is 0 Å². The third-order valence-corrected chi connectivity index (χ3v) is 9.86. The zero-order valence-corrected chi connectivity index (χ0v) is 19.3. The van der Waals surface area contributed by atoms with Crippen molar-refractivity contribution in [2.45, 2.75) is 81.8 Å². The topological polar surface area (TPSA) is 68.2 Å². The summed E-state index contributed by atoms with van der Waals surface area (Å²) in [5, 5.41) is 9.05. The lowest BCUT2D eigenvalue weighted by Gasteiger charge is -2.57. The number of carboxylic acids is 1. The molecule has 2 heterocycles. The van der Waals surface area contributed by atoms with Crippen molar-refractivity contribution in [3.05, 3.63) is 35.4 Å². The normalized spacial score (nSPS) is 44.5. The molecule has 2 spiro atoms. The van der Waals surface area contributed by atoms with Gasteiger partial charge in [0.15, 0.2) is 0 Å². The fourth-order valence-electron chi connectivity index (χ4n) is 8.19. The third kappa shape index (κ3) is 3.40. The molecule has 6 heteroatoms. The summed E-state index contributed by atoms with van der Waals surface area (Å²) >= 11 is 0. The predicted molar refractivity (Wildman–Crippen MR) is 120 cm³/mol. The minimum Gasteiger partial charge on any atom is -0.481 e. The molecule has 0 aromatic heterocycles. The molecule has 0 amide bonds. The predicted octanol–water partition coefficient (Wildman–Crippen LogP) is 4.69. The van der Waals surface area contributed by atoms with Gasteiger partial charge in [-0.3, -0.25) is 9.69 Å². The van der Waals surface area contributed by atoms with E-state index in [1.54, 1.807) is 0 Å². The Bertz CT molecular complexity index is 887. The van der Waals surface area contributed by atoms with Gasteiger partial charge < -0.3 is 9.84 Å². The highest BCUT2D eigenvalue weighted by Crippen LogP contribution is 2.64. The molecule has 1 aromatic carbocycles. The van der Waals surface area contributed by atoms with Gasteiger partial charge in [0, 0.05) is 44.3 Å². The molecule has 8 rings (SSSR count). The van der Waals surface area contributed by atoms with Crippen molar-refractivity contribution >= 4 is 5.97 Å². The van der Waals surface area contributed by atoms with Crippen molar-refractivity contribution in [2.24, 2.45) is 29.6 Å². The van der Waals surface area contributed by atoms with Gasteiger partial charge in [-0.1, -0.05) is 24.3 Å². The van der Waals surface area contributed by atoms with Crippen LogP contribution in [-0.4, -0.2) is 40.6 Å². The van der Waals surface area contributed by atoms with Crippen molar-refractivity contribution in [2.75, 3.05) is 13.1 Å². The van der Waals surface area contributed by atoms with E-state index in [9.17, 15) is 4.79 Å². The van der Waals surface area contributed by atoms with Crippen LogP contribution in [0.5, 0.6) is 0 Å². The molecule has 2 aliphatic heterocycles. The van der Waals surface area contributed by atoms with Crippen LogP contribution in [0.3, 0.4) is 0 Å². The molecule has 1 N–H and O–H groups in total. The Balaban J connectivity index is 0.963. The third-order valence-electron chi connectivity index (χ3n) is 9.86. The zero-order valence-electron chi connectivity index (χ0n) is 19.3. The van der Waals surface area contributed by atoms with Crippen LogP contribution < -0.4 is 0 Å². The minimum absolute atomic E-state index is 0.194. The summed E-state index contributed by atoms with van der Waals surface area (Å²) in [4.78, 5) is 25.5. The maximum absolute atomic E-state index is 11.0. The largest absolute Gasteiger partial charge is 0.481 e. The van der Waals surface area contributed by atoms with E-state index in [0.29, 0.717) is 30.8 Å². The Labute approximate surface area is 195 Å². The molecule has 2 saturated heterocycles. The van der Waals surface area contributed by atoms with Crippen molar-refractivity contribution in [1.29, 1.82) is 0 Å². The van der Waals surface area contributed by atoms with Crippen LogP contribution in [0.4, 0.5) is 0 Å². The van der Waals surface area contributed by atoms with Gasteiger partial charge in [-0.2, -0.15) is 9.78 Å². The Kier molecular flexibility index (Phi) is 4.75. The van der Waals surface area contributed by atoms with E-state index in [1.807, 2.05) is 0 Å². The van der Waals surface area contributed by atoms with E-state index >= 15 is 0 Å². The first-order valence-corrected chi connectivity index (χ1v) is 13.1. The Hall–Kier alpha value is -1.47. The van der Waals surface area contributed by atoms with Gasteiger partial charge in [0.25, 0.3) is 0 Å².